The van der Waals surface area contributed by atoms with E-state index in [-0.39, 0.29) is 17.8 Å². The maximum atomic E-state index is 12.4. The normalized spacial score (nSPS) is 10.4. The van der Waals surface area contributed by atoms with Gasteiger partial charge in [0.05, 0.1) is 11.5 Å². The number of hydrogen-bond donors (Lipinski definition) is 1. The van der Waals surface area contributed by atoms with E-state index < -0.39 is 10.8 Å². The lowest BCUT2D eigenvalue weighted by Gasteiger charge is -2.12. The van der Waals surface area contributed by atoms with Gasteiger partial charge in [0, 0.05) is 19.2 Å². The highest BCUT2D eigenvalue weighted by Gasteiger charge is 2.22. The highest BCUT2D eigenvalue weighted by molar-refractivity contribution is 5.99. The van der Waals surface area contributed by atoms with Gasteiger partial charge in [-0.05, 0) is 30.5 Å². The van der Waals surface area contributed by atoms with Gasteiger partial charge >= 0.3 is 0 Å². The van der Waals surface area contributed by atoms with Crippen molar-refractivity contribution in [3.05, 3.63) is 74.8 Å². The number of nitrogens with one attached hydrogen (secondary N) is 1. The highest BCUT2D eigenvalue weighted by Crippen LogP contribution is 2.22. The average molecular weight is 328 g/mol. The number of carbonyl (C=O) groups excluding carboxylic acids is 1. The molecule has 0 fully saturated rings. The Kier molecular flexibility index (Phi) is 6.03. The van der Waals surface area contributed by atoms with Crippen molar-refractivity contribution in [3.63, 3.8) is 0 Å². The Morgan fingerprint density at radius 2 is 1.88 bits per heavy atom. The molecule has 0 unspecified atom stereocenters. The third kappa shape index (κ3) is 4.17. The first kappa shape index (κ1) is 17.6. The molecule has 2 aromatic rings. The summed E-state index contributed by atoms with van der Waals surface area (Å²) >= 11 is 0. The van der Waals surface area contributed by atoms with Crippen LogP contribution in [0.3, 0.4) is 0 Å². The van der Waals surface area contributed by atoms with Crippen molar-refractivity contribution in [3.8, 4) is 0 Å². The number of nitrogens with zero attached hydrogens (tertiary/aromatic N) is 1. The maximum absolute atomic E-state index is 12.4. The fraction of sp³-hybridized carbons (Fsp3) is 0.278. The summed E-state index contributed by atoms with van der Waals surface area (Å²) in [5.41, 5.74) is 2.40. The Balaban J connectivity index is 2.16. The fourth-order valence-electron chi connectivity index (χ4n) is 2.45. The summed E-state index contributed by atoms with van der Waals surface area (Å²) in [4.78, 5) is 23.0. The van der Waals surface area contributed by atoms with Crippen LogP contribution in [0.4, 0.5) is 5.69 Å². The van der Waals surface area contributed by atoms with Crippen molar-refractivity contribution in [1.29, 1.82) is 0 Å². The van der Waals surface area contributed by atoms with E-state index in [2.05, 4.69) is 5.32 Å². The number of benzene rings is 2. The molecule has 1 amide bonds. The van der Waals surface area contributed by atoms with Crippen LogP contribution in [0.5, 0.6) is 0 Å². The van der Waals surface area contributed by atoms with Gasteiger partial charge in [0.1, 0.15) is 5.56 Å². The summed E-state index contributed by atoms with van der Waals surface area (Å²) in [5.74, 6) is -0.453. The minimum atomic E-state index is -0.537. The van der Waals surface area contributed by atoms with Gasteiger partial charge in [-0.15, -0.1) is 0 Å². The first-order valence-corrected chi connectivity index (χ1v) is 7.71. The molecule has 0 heterocycles. The van der Waals surface area contributed by atoms with Gasteiger partial charge in [-0.2, -0.15) is 0 Å². The third-order valence-electron chi connectivity index (χ3n) is 3.69. The van der Waals surface area contributed by atoms with Crippen molar-refractivity contribution >= 4 is 11.6 Å². The van der Waals surface area contributed by atoms with E-state index in [1.165, 1.54) is 6.07 Å². The Labute approximate surface area is 140 Å². The van der Waals surface area contributed by atoms with Crippen molar-refractivity contribution in [1.82, 2.24) is 5.32 Å². The molecule has 0 bridgehead atoms. The van der Waals surface area contributed by atoms with Gasteiger partial charge in [-0.25, -0.2) is 0 Å². The second-order valence-electron chi connectivity index (χ2n) is 5.31. The molecule has 2 aromatic carbocycles. The van der Waals surface area contributed by atoms with Gasteiger partial charge in [0.15, 0.2) is 0 Å². The number of aryl methyl sites for hydroxylation is 1. The number of amides is 1. The molecule has 2 rings (SSSR count). The number of ether oxygens (including phenoxy) is 1. The summed E-state index contributed by atoms with van der Waals surface area (Å²) in [6, 6.07) is 12.2. The van der Waals surface area contributed by atoms with Crippen LogP contribution in [-0.2, 0) is 17.9 Å². The smallest absolute Gasteiger partial charge is 0.282 e. The molecule has 0 radical (unpaired) electrons. The molecule has 0 aromatic heterocycles. The summed E-state index contributed by atoms with van der Waals surface area (Å²) in [6.07, 6.45) is 0. The van der Waals surface area contributed by atoms with Crippen LogP contribution in [-0.4, -0.2) is 17.4 Å². The maximum Gasteiger partial charge on any atom is 0.282 e. The summed E-state index contributed by atoms with van der Waals surface area (Å²) < 4.78 is 5.42. The van der Waals surface area contributed by atoms with E-state index in [4.69, 9.17) is 4.74 Å². The summed E-state index contributed by atoms with van der Waals surface area (Å²) in [5, 5.41) is 13.9. The van der Waals surface area contributed by atoms with E-state index in [9.17, 15) is 14.9 Å². The first-order valence-electron chi connectivity index (χ1n) is 7.71. The van der Waals surface area contributed by atoms with Crippen molar-refractivity contribution in [2.24, 2.45) is 0 Å². The number of carbonyl (C=O) groups is 1. The number of nitro benzene ring substituents is 1. The predicted molar refractivity (Wildman–Crippen MR) is 90.8 cm³/mol. The lowest BCUT2D eigenvalue weighted by atomic mass is 10.0. The number of nitro groups is 1. The molecule has 0 aliphatic carbocycles. The molecule has 24 heavy (non-hydrogen) atoms. The molecule has 6 heteroatoms. The van der Waals surface area contributed by atoms with Crippen molar-refractivity contribution < 1.29 is 14.5 Å². The van der Waals surface area contributed by atoms with Gasteiger partial charge in [0.25, 0.3) is 11.6 Å². The summed E-state index contributed by atoms with van der Waals surface area (Å²) in [6.45, 7) is 4.96. The fourth-order valence-corrected chi connectivity index (χ4v) is 2.45. The van der Waals surface area contributed by atoms with Gasteiger partial charge in [-0.3, -0.25) is 14.9 Å². The predicted octanol–water partition coefficient (Wildman–Crippen LogP) is 3.37. The van der Waals surface area contributed by atoms with Crippen molar-refractivity contribution in [2.45, 2.75) is 27.0 Å². The molecule has 0 spiro atoms. The second-order valence-corrected chi connectivity index (χ2v) is 5.31. The highest BCUT2D eigenvalue weighted by atomic mass is 16.6. The minimum Gasteiger partial charge on any atom is -0.377 e. The Bertz CT molecular complexity index is 744. The van der Waals surface area contributed by atoms with Crippen LogP contribution in [0.15, 0.2) is 42.5 Å². The van der Waals surface area contributed by atoms with Gasteiger partial charge in [0.2, 0.25) is 0 Å². The van der Waals surface area contributed by atoms with Crippen LogP contribution in [0, 0.1) is 17.0 Å². The number of hydrogen-bond acceptors (Lipinski definition) is 4. The molecule has 0 aliphatic heterocycles. The van der Waals surface area contributed by atoms with Crippen LogP contribution in [0.25, 0.3) is 0 Å². The second kappa shape index (κ2) is 8.21. The molecule has 0 saturated heterocycles. The molecular formula is C18H20N2O4. The van der Waals surface area contributed by atoms with Gasteiger partial charge in [-0.1, -0.05) is 36.4 Å². The molecule has 6 nitrogen and oxygen atoms in total. The van der Waals surface area contributed by atoms with Crippen LogP contribution in [0.1, 0.15) is 34.0 Å². The zero-order valence-corrected chi connectivity index (χ0v) is 13.7. The van der Waals surface area contributed by atoms with Crippen LogP contribution < -0.4 is 5.32 Å². The van der Waals surface area contributed by atoms with Crippen molar-refractivity contribution in [2.75, 3.05) is 6.61 Å². The Morgan fingerprint density at radius 1 is 1.17 bits per heavy atom. The molecular weight excluding hydrogens is 308 g/mol. The quantitative estimate of drug-likeness (QED) is 0.624. The van der Waals surface area contributed by atoms with E-state index in [1.54, 1.807) is 19.1 Å². The zero-order chi connectivity index (χ0) is 17.5. The Hall–Kier alpha value is -2.73. The lowest BCUT2D eigenvalue weighted by Crippen LogP contribution is -2.25. The molecule has 0 saturated carbocycles. The SMILES string of the molecule is CCOCc1ccccc1CNC(=O)c1c(C)cccc1[N+](=O)[O-]. The molecule has 126 valence electrons. The topological polar surface area (TPSA) is 81.5 Å². The van der Waals surface area contributed by atoms with Gasteiger partial charge < -0.3 is 10.1 Å². The molecule has 1 N–H and O–H groups in total. The standard InChI is InChI=1S/C18H20N2O4/c1-3-24-12-15-9-5-4-8-14(15)11-19-18(21)17-13(2)7-6-10-16(17)20(22)23/h4-10H,3,11-12H2,1-2H3,(H,19,21). The first-order chi connectivity index (χ1) is 11.5. The van der Waals surface area contributed by atoms with E-state index >= 15 is 0 Å². The van der Waals surface area contributed by atoms with Crippen LogP contribution >= 0.6 is 0 Å². The monoisotopic (exact) mass is 328 g/mol. The summed E-state index contributed by atoms with van der Waals surface area (Å²) in [7, 11) is 0. The van der Waals surface area contributed by atoms with E-state index in [0.717, 1.165) is 11.1 Å². The molecule has 0 atom stereocenters. The minimum absolute atomic E-state index is 0.102. The van der Waals surface area contributed by atoms with E-state index in [0.29, 0.717) is 18.8 Å². The number of rotatable bonds is 7. The Morgan fingerprint density at radius 3 is 2.54 bits per heavy atom. The lowest BCUT2D eigenvalue weighted by molar-refractivity contribution is -0.385. The third-order valence-corrected chi connectivity index (χ3v) is 3.69. The van der Waals surface area contributed by atoms with E-state index in [1.807, 2.05) is 31.2 Å². The van der Waals surface area contributed by atoms with Crippen LogP contribution in [0.2, 0.25) is 0 Å². The largest absolute Gasteiger partial charge is 0.377 e. The molecule has 0 aliphatic rings. The average Bonchev–Trinajstić information content (AvgIpc) is 2.58. The zero-order valence-electron chi connectivity index (χ0n) is 13.7.